The Labute approximate surface area is 379 Å². The fourth-order valence-corrected chi connectivity index (χ4v) is 6.76. The van der Waals surface area contributed by atoms with Gasteiger partial charge in [0, 0.05) is 28.9 Å². The Hall–Kier alpha value is -8.40. The van der Waals surface area contributed by atoms with E-state index < -0.39 is 41.3 Å². The van der Waals surface area contributed by atoms with Gasteiger partial charge >= 0.3 is 24.3 Å². The van der Waals surface area contributed by atoms with Crippen molar-refractivity contribution in [1.82, 2.24) is 9.97 Å². The summed E-state index contributed by atoms with van der Waals surface area (Å²) >= 11 is 0. The number of amides is 2. The number of anilines is 2. The van der Waals surface area contributed by atoms with Crippen molar-refractivity contribution >= 4 is 57.2 Å². The number of hydrogen-bond donors (Lipinski definition) is 3. The maximum Gasteiger partial charge on any atom is 0.416 e. The fraction of sp³-hybridized carbons (Fsp3) is 0.0980. The maximum atomic E-state index is 13.3. The van der Waals surface area contributed by atoms with Gasteiger partial charge in [-0.2, -0.15) is 26.3 Å². The average molecular weight is 919 g/mol. The Morgan fingerprint density at radius 1 is 0.522 bits per heavy atom. The molecule has 8 aromatic rings. The van der Waals surface area contributed by atoms with E-state index >= 15 is 0 Å². The van der Waals surface area contributed by atoms with Crippen LogP contribution in [0.5, 0.6) is 0 Å². The van der Waals surface area contributed by atoms with Crippen molar-refractivity contribution in [3.8, 4) is 22.3 Å². The van der Waals surface area contributed by atoms with Crippen LogP contribution in [0.15, 0.2) is 158 Å². The number of carbonyl (C=O) groups is 4. The largest absolute Gasteiger partial charge is 0.478 e. The van der Waals surface area contributed by atoms with Crippen molar-refractivity contribution in [2.75, 3.05) is 17.3 Å². The van der Waals surface area contributed by atoms with Gasteiger partial charge in [-0.25, -0.2) is 19.6 Å². The van der Waals surface area contributed by atoms with Crippen molar-refractivity contribution in [2.45, 2.75) is 27.2 Å². The first kappa shape index (κ1) is 49.6. The first-order valence-corrected chi connectivity index (χ1v) is 19.3. The molecule has 0 aliphatic carbocycles. The lowest BCUT2D eigenvalue weighted by molar-refractivity contribution is -0.138. The van der Waals surface area contributed by atoms with Crippen LogP contribution in [0.25, 0.3) is 44.1 Å². The first-order valence-electron chi connectivity index (χ1n) is 19.3. The van der Waals surface area contributed by atoms with Gasteiger partial charge in [0.25, 0.3) is 11.8 Å². The molecular weight excluding hydrogens is 879 g/mol. The molecule has 0 aliphatic rings. The van der Waals surface area contributed by atoms with Crippen LogP contribution < -0.4 is 10.2 Å². The summed E-state index contributed by atoms with van der Waals surface area (Å²) in [6.07, 6.45) is -8.89. The second-order valence-corrected chi connectivity index (χ2v) is 14.4. The van der Waals surface area contributed by atoms with E-state index in [1.165, 1.54) is 53.4 Å². The predicted octanol–water partition coefficient (Wildman–Crippen LogP) is 13.0. The molecule has 0 fully saturated rings. The number of carboxylic acids is 2. The van der Waals surface area contributed by atoms with E-state index in [1.54, 1.807) is 92.0 Å². The van der Waals surface area contributed by atoms with Crippen LogP contribution in [0.4, 0.5) is 38.0 Å². The van der Waals surface area contributed by atoms with E-state index in [4.69, 9.17) is 10.2 Å². The van der Waals surface area contributed by atoms with Gasteiger partial charge in [0.15, 0.2) is 0 Å². The van der Waals surface area contributed by atoms with Crippen LogP contribution in [0.1, 0.15) is 67.4 Å². The topological polar surface area (TPSA) is 150 Å². The fourth-order valence-electron chi connectivity index (χ4n) is 6.76. The summed E-state index contributed by atoms with van der Waals surface area (Å²) in [5.41, 5.74) is 2.25. The molecule has 0 aliphatic heterocycles. The SMILES string of the molecule is C.C.CN(C(=O)c1ccccc1-c1ccc(C(F)(F)F)cc1)c1ccc2cc(C(=O)O)ccc2n1.O=C(O)c1ccc2nc(NC(=O)c3ccccc3-c3ccc(C(F)(F)F)cc3)ccc2c1. The van der Waals surface area contributed by atoms with E-state index in [9.17, 15) is 45.5 Å². The summed E-state index contributed by atoms with van der Waals surface area (Å²) in [4.78, 5) is 58.6. The third-order valence-corrected chi connectivity index (χ3v) is 10.1. The van der Waals surface area contributed by atoms with Gasteiger partial charge in [0.2, 0.25) is 0 Å². The number of aromatic nitrogens is 2. The Morgan fingerprint density at radius 3 is 1.43 bits per heavy atom. The second kappa shape index (κ2) is 20.2. The Kier molecular flexibility index (Phi) is 15.0. The molecule has 3 N–H and O–H groups in total. The molecule has 0 unspecified atom stereocenters. The highest BCUT2D eigenvalue weighted by Crippen LogP contribution is 2.34. The quantitative estimate of drug-likeness (QED) is 0.128. The lowest BCUT2D eigenvalue weighted by Gasteiger charge is -2.19. The minimum absolute atomic E-state index is 0. The Balaban J connectivity index is 0.000000244. The predicted molar refractivity (Wildman–Crippen MR) is 245 cm³/mol. The number of hydrogen-bond acceptors (Lipinski definition) is 6. The van der Waals surface area contributed by atoms with Gasteiger partial charge in [0.1, 0.15) is 11.6 Å². The van der Waals surface area contributed by atoms with Crippen LogP contribution in [0, 0.1) is 0 Å². The molecule has 342 valence electrons. The van der Waals surface area contributed by atoms with Gasteiger partial charge in [-0.1, -0.05) is 75.5 Å². The maximum absolute atomic E-state index is 13.3. The number of nitrogens with zero attached hydrogens (tertiary/aromatic N) is 3. The first-order chi connectivity index (χ1) is 30.9. The van der Waals surface area contributed by atoms with Crippen LogP contribution in [0.3, 0.4) is 0 Å². The van der Waals surface area contributed by atoms with Crippen molar-refractivity contribution < 1.29 is 55.7 Å². The lowest BCUT2D eigenvalue weighted by atomic mass is 9.98. The van der Waals surface area contributed by atoms with E-state index in [1.807, 2.05) is 0 Å². The summed E-state index contributed by atoms with van der Waals surface area (Å²) in [7, 11) is 1.55. The summed E-state index contributed by atoms with van der Waals surface area (Å²) in [6.45, 7) is 0. The van der Waals surface area contributed by atoms with Crippen molar-refractivity contribution in [3.63, 3.8) is 0 Å². The minimum atomic E-state index is -4.44. The van der Waals surface area contributed by atoms with Gasteiger partial charge in [-0.05, 0) is 119 Å². The molecule has 0 saturated carbocycles. The molecular formula is C51H40F6N4O6. The molecule has 8 rings (SSSR count). The number of alkyl halides is 6. The molecule has 67 heavy (non-hydrogen) atoms. The number of carboxylic acid groups (broad SMARTS) is 2. The number of carbonyl (C=O) groups excluding carboxylic acids is 2. The molecule has 0 radical (unpaired) electrons. The number of pyridine rings is 2. The number of halogens is 6. The van der Waals surface area contributed by atoms with E-state index in [0.29, 0.717) is 55.4 Å². The van der Waals surface area contributed by atoms with E-state index in [2.05, 4.69) is 15.3 Å². The van der Waals surface area contributed by atoms with Crippen LogP contribution in [-0.2, 0) is 12.4 Å². The molecule has 0 atom stereocenters. The summed E-state index contributed by atoms with van der Waals surface area (Å²) < 4.78 is 77.2. The molecule has 2 aromatic heterocycles. The van der Waals surface area contributed by atoms with Crippen molar-refractivity contribution in [1.29, 1.82) is 0 Å². The zero-order chi connectivity index (χ0) is 46.6. The van der Waals surface area contributed by atoms with Crippen molar-refractivity contribution in [2.24, 2.45) is 0 Å². The lowest BCUT2D eigenvalue weighted by Crippen LogP contribution is -2.27. The van der Waals surface area contributed by atoms with Crippen LogP contribution in [0.2, 0.25) is 0 Å². The molecule has 0 spiro atoms. The van der Waals surface area contributed by atoms with E-state index in [-0.39, 0.29) is 43.3 Å². The molecule has 6 aromatic carbocycles. The Morgan fingerprint density at radius 2 is 0.955 bits per heavy atom. The molecule has 10 nitrogen and oxygen atoms in total. The molecule has 2 amide bonds. The van der Waals surface area contributed by atoms with Gasteiger partial charge < -0.3 is 15.5 Å². The van der Waals surface area contributed by atoms with Gasteiger partial charge in [-0.3, -0.25) is 14.5 Å². The second-order valence-electron chi connectivity index (χ2n) is 14.4. The van der Waals surface area contributed by atoms with Gasteiger partial charge in [-0.15, -0.1) is 0 Å². The van der Waals surface area contributed by atoms with Gasteiger partial charge in [0.05, 0.1) is 33.3 Å². The zero-order valence-corrected chi connectivity index (χ0v) is 33.6. The monoisotopic (exact) mass is 918 g/mol. The number of fused-ring (bicyclic) bond motifs is 2. The molecule has 2 heterocycles. The number of rotatable bonds is 8. The highest BCUT2D eigenvalue weighted by Gasteiger charge is 2.31. The molecule has 16 heteroatoms. The number of aromatic carboxylic acids is 2. The summed E-state index contributed by atoms with van der Waals surface area (Å²) in [6, 6.07) is 37.9. The summed E-state index contributed by atoms with van der Waals surface area (Å²) in [5, 5.41) is 22.1. The highest BCUT2D eigenvalue weighted by molar-refractivity contribution is 6.10. The standard InChI is InChI=1S/C25H17F3N2O3.C24H15F3N2O3.2CH4/c1-30(22-13-9-16-14-17(24(32)33)8-12-21(16)29-22)23(31)20-5-3-2-4-19(20)15-6-10-18(11-7-15)25(26,27)28;25-24(26,27)17-9-5-14(6-10-17)18-3-1-2-4-19(18)22(30)29-21-12-8-15-13-16(23(31)32)7-11-20(15)28-21;;/h2-14H,1H3,(H,32,33);1-13H,(H,31,32)(H,28,29,30);2*1H4. The number of benzene rings is 6. The van der Waals surface area contributed by atoms with Crippen LogP contribution >= 0.6 is 0 Å². The highest BCUT2D eigenvalue weighted by atomic mass is 19.4. The third-order valence-electron chi connectivity index (χ3n) is 10.1. The third kappa shape index (κ3) is 11.3. The minimum Gasteiger partial charge on any atom is -0.478 e. The smallest absolute Gasteiger partial charge is 0.416 e. The Bertz CT molecular complexity index is 3120. The van der Waals surface area contributed by atoms with Crippen LogP contribution in [-0.4, -0.2) is 51.0 Å². The average Bonchev–Trinajstić information content (AvgIpc) is 3.30. The molecule has 0 saturated heterocycles. The van der Waals surface area contributed by atoms with Crippen molar-refractivity contribution in [3.05, 3.63) is 191 Å². The number of nitrogens with one attached hydrogen (secondary N) is 1. The molecule has 0 bridgehead atoms. The normalized spacial score (nSPS) is 11.0. The summed E-state index contributed by atoms with van der Waals surface area (Å²) in [5.74, 6) is -2.36. The zero-order valence-electron chi connectivity index (χ0n) is 33.6. The van der Waals surface area contributed by atoms with E-state index in [0.717, 1.165) is 24.3 Å².